The molecule has 0 fully saturated rings. The third-order valence-electron chi connectivity index (χ3n) is 3.05. The quantitative estimate of drug-likeness (QED) is 0.878. The summed E-state index contributed by atoms with van der Waals surface area (Å²) in [6.45, 7) is 4.06. The average molecular weight is 272 g/mol. The first kappa shape index (κ1) is 14.3. The van der Waals surface area contributed by atoms with Gasteiger partial charge < -0.3 is 11.1 Å². The van der Waals surface area contributed by atoms with Crippen LogP contribution in [-0.4, -0.2) is 15.7 Å². The molecule has 0 saturated heterocycles. The fourth-order valence-corrected chi connectivity index (χ4v) is 1.91. The highest BCUT2D eigenvalue weighted by molar-refractivity contribution is 5.90. The van der Waals surface area contributed by atoms with E-state index < -0.39 is 0 Å². The maximum Gasteiger partial charge on any atom is 0.226 e. The lowest BCUT2D eigenvalue weighted by molar-refractivity contribution is -0.116. The van der Waals surface area contributed by atoms with Crippen LogP contribution in [0.15, 0.2) is 42.7 Å². The first-order valence-corrected chi connectivity index (χ1v) is 6.71. The zero-order chi connectivity index (χ0) is 14.5. The van der Waals surface area contributed by atoms with Crippen molar-refractivity contribution in [3.8, 4) is 0 Å². The molecule has 0 aliphatic carbocycles. The first-order valence-electron chi connectivity index (χ1n) is 6.71. The molecular formula is C15H20N4O. The van der Waals surface area contributed by atoms with Gasteiger partial charge in [0.1, 0.15) is 0 Å². The normalized spacial score (nSPS) is 12.4. The van der Waals surface area contributed by atoms with Gasteiger partial charge >= 0.3 is 0 Å². The molecule has 1 heterocycles. The molecule has 20 heavy (non-hydrogen) atoms. The van der Waals surface area contributed by atoms with Gasteiger partial charge in [0.15, 0.2) is 0 Å². The number of aromatic nitrogens is 2. The van der Waals surface area contributed by atoms with Crippen LogP contribution in [0.3, 0.4) is 0 Å². The van der Waals surface area contributed by atoms with Crippen molar-refractivity contribution >= 4 is 11.6 Å². The summed E-state index contributed by atoms with van der Waals surface area (Å²) in [5.74, 6) is -0.107. The molecule has 1 amide bonds. The Morgan fingerprint density at radius 3 is 2.65 bits per heavy atom. The molecule has 0 spiro atoms. The van der Waals surface area contributed by atoms with Crippen LogP contribution >= 0.6 is 0 Å². The molecular weight excluding hydrogens is 252 g/mol. The number of anilines is 1. The van der Waals surface area contributed by atoms with Crippen LogP contribution in [0.4, 0.5) is 5.69 Å². The number of hydrogen-bond acceptors (Lipinski definition) is 3. The number of nitrogens with zero attached hydrogens (tertiary/aromatic N) is 2. The van der Waals surface area contributed by atoms with Crippen molar-refractivity contribution in [3.05, 3.63) is 48.3 Å². The van der Waals surface area contributed by atoms with Crippen molar-refractivity contribution < 1.29 is 4.79 Å². The Labute approximate surface area is 118 Å². The minimum absolute atomic E-state index is 0.107. The minimum Gasteiger partial charge on any atom is -0.324 e. The first-order chi connectivity index (χ1) is 9.56. The molecule has 3 N–H and O–H groups in total. The highest BCUT2D eigenvalue weighted by Gasteiger charge is 2.12. The Kier molecular flexibility index (Phi) is 4.53. The predicted octanol–water partition coefficient (Wildman–Crippen LogP) is 2.49. The summed E-state index contributed by atoms with van der Waals surface area (Å²) >= 11 is 0. The summed E-state index contributed by atoms with van der Waals surface area (Å²) in [4.78, 5) is 11.9. The number of carbonyl (C=O) groups excluding carboxylic acids is 1. The van der Waals surface area contributed by atoms with Crippen LogP contribution in [0, 0.1) is 0 Å². The summed E-state index contributed by atoms with van der Waals surface area (Å²) < 4.78 is 1.80. The molecule has 2 rings (SSSR count). The Hall–Kier alpha value is -2.14. The molecule has 0 radical (unpaired) electrons. The summed E-state index contributed by atoms with van der Waals surface area (Å²) in [6, 6.07) is 9.59. The van der Waals surface area contributed by atoms with Crippen LogP contribution in [0.5, 0.6) is 0 Å². The van der Waals surface area contributed by atoms with Crippen molar-refractivity contribution in [1.29, 1.82) is 0 Å². The molecule has 0 bridgehead atoms. The maximum absolute atomic E-state index is 11.9. The highest BCUT2D eigenvalue weighted by atomic mass is 16.1. The number of nitrogens with two attached hydrogens (primary N) is 1. The van der Waals surface area contributed by atoms with Crippen LogP contribution in [0.1, 0.15) is 37.9 Å². The van der Waals surface area contributed by atoms with E-state index >= 15 is 0 Å². The van der Waals surface area contributed by atoms with E-state index in [4.69, 9.17) is 5.73 Å². The van der Waals surface area contributed by atoms with E-state index in [1.54, 1.807) is 10.9 Å². The fraction of sp³-hybridized carbons (Fsp3) is 0.333. The zero-order valence-electron chi connectivity index (χ0n) is 11.8. The second-order valence-electron chi connectivity index (χ2n) is 5.07. The molecule has 1 aromatic heterocycles. The van der Waals surface area contributed by atoms with E-state index in [0.29, 0.717) is 5.69 Å². The molecule has 2 aromatic rings. The summed E-state index contributed by atoms with van der Waals surface area (Å²) in [7, 11) is 0. The fourth-order valence-electron chi connectivity index (χ4n) is 1.91. The third-order valence-corrected chi connectivity index (χ3v) is 3.05. The van der Waals surface area contributed by atoms with E-state index in [1.807, 2.05) is 50.4 Å². The minimum atomic E-state index is -0.295. The van der Waals surface area contributed by atoms with Crippen molar-refractivity contribution in [2.75, 3.05) is 5.32 Å². The second-order valence-corrected chi connectivity index (χ2v) is 5.07. The number of hydrogen-bond donors (Lipinski definition) is 2. The number of rotatable bonds is 5. The molecule has 0 saturated carbocycles. The largest absolute Gasteiger partial charge is 0.324 e. The highest BCUT2D eigenvalue weighted by Crippen LogP contribution is 2.15. The van der Waals surface area contributed by atoms with Gasteiger partial charge in [-0.2, -0.15) is 5.10 Å². The van der Waals surface area contributed by atoms with Gasteiger partial charge in [0.25, 0.3) is 0 Å². The molecule has 106 valence electrons. The van der Waals surface area contributed by atoms with E-state index in [0.717, 1.165) is 5.56 Å². The average Bonchev–Trinajstić information content (AvgIpc) is 2.88. The lowest BCUT2D eigenvalue weighted by Gasteiger charge is -2.11. The van der Waals surface area contributed by atoms with Gasteiger partial charge in [-0.1, -0.05) is 30.3 Å². The Morgan fingerprint density at radius 1 is 1.35 bits per heavy atom. The van der Waals surface area contributed by atoms with E-state index in [9.17, 15) is 4.79 Å². The van der Waals surface area contributed by atoms with Gasteiger partial charge in [-0.15, -0.1) is 0 Å². The molecule has 1 atom stereocenters. The number of carbonyl (C=O) groups is 1. The van der Waals surface area contributed by atoms with Gasteiger partial charge in [-0.3, -0.25) is 9.48 Å². The molecule has 1 aromatic carbocycles. The number of benzene rings is 1. The van der Waals surface area contributed by atoms with Crippen LogP contribution in [0.2, 0.25) is 0 Å². The number of amides is 1. The molecule has 0 aliphatic rings. The van der Waals surface area contributed by atoms with E-state index in [2.05, 4.69) is 10.4 Å². The van der Waals surface area contributed by atoms with Crippen LogP contribution in [-0.2, 0) is 4.79 Å². The molecule has 5 nitrogen and oxygen atoms in total. The molecule has 0 aliphatic heterocycles. The number of nitrogens with one attached hydrogen (secondary N) is 1. The molecule has 5 heteroatoms. The summed E-state index contributed by atoms with van der Waals surface area (Å²) in [5, 5.41) is 6.99. The summed E-state index contributed by atoms with van der Waals surface area (Å²) in [6.07, 6.45) is 3.71. The van der Waals surface area contributed by atoms with E-state index in [1.165, 1.54) is 0 Å². The monoisotopic (exact) mass is 272 g/mol. The van der Waals surface area contributed by atoms with Gasteiger partial charge in [-0.25, -0.2) is 0 Å². The van der Waals surface area contributed by atoms with Gasteiger partial charge in [-0.05, 0) is 19.4 Å². The van der Waals surface area contributed by atoms with Gasteiger partial charge in [0.2, 0.25) is 5.91 Å². The smallest absolute Gasteiger partial charge is 0.226 e. The third kappa shape index (κ3) is 3.68. The molecule has 1 unspecified atom stereocenters. The summed E-state index contributed by atoms with van der Waals surface area (Å²) in [5.41, 5.74) is 7.68. The van der Waals surface area contributed by atoms with Crippen LogP contribution < -0.4 is 11.1 Å². The van der Waals surface area contributed by atoms with Crippen LogP contribution in [0.25, 0.3) is 0 Å². The predicted molar refractivity (Wildman–Crippen MR) is 79.2 cm³/mol. The van der Waals surface area contributed by atoms with Crippen molar-refractivity contribution in [1.82, 2.24) is 9.78 Å². The van der Waals surface area contributed by atoms with E-state index in [-0.39, 0.29) is 24.4 Å². The second kappa shape index (κ2) is 6.34. The maximum atomic E-state index is 11.9. The lowest BCUT2D eigenvalue weighted by Crippen LogP contribution is -2.20. The Bertz CT molecular complexity index is 562. The van der Waals surface area contributed by atoms with Crippen molar-refractivity contribution in [2.24, 2.45) is 5.73 Å². The SMILES string of the molecule is CC(C)n1cc(NC(=O)CC(N)c2ccccc2)cn1. The van der Waals surface area contributed by atoms with Gasteiger partial charge in [0, 0.05) is 24.7 Å². The van der Waals surface area contributed by atoms with Gasteiger partial charge in [0.05, 0.1) is 11.9 Å². The van der Waals surface area contributed by atoms with Crippen molar-refractivity contribution in [2.45, 2.75) is 32.4 Å². The topological polar surface area (TPSA) is 72.9 Å². The van der Waals surface area contributed by atoms with Crippen molar-refractivity contribution in [3.63, 3.8) is 0 Å². The lowest BCUT2D eigenvalue weighted by atomic mass is 10.0. The zero-order valence-corrected chi connectivity index (χ0v) is 11.8. The standard InChI is InChI=1S/C15H20N4O/c1-11(2)19-10-13(9-17-19)18-15(20)8-14(16)12-6-4-3-5-7-12/h3-7,9-11,14H,8,16H2,1-2H3,(H,18,20). The Balaban J connectivity index is 1.92. The Morgan fingerprint density at radius 2 is 2.05 bits per heavy atom.